The maximum Gasteiger partial charge on any atom is 0.255 e. The molecular weight excluding hydrogens is 396 g/mol. The molecule has 2 heterocycles. The first-order valence-corrected chi connectivity index (χ1v) is 10.1. The highest BCUT2D eigenvalue weighted by Crippen LogP contribution is 2.32. The van der Waals surface area contributed by atoms with Crippen LogP contribution in [0.5, 0.6) is 0 Å². The molecule has 0 radical (unpaired) electrons. The number of fused-ring (bicyclic) bond motifs is 1. The van der Waals surface area contributed by atoms with Crippen molar-refractivity contribution in [1.82, 2.24) is 15.1 Å². The molecule has 148 valence electrons. The lowest BCUT2D eigenvalue weighted by Crippen LogP contribution is -2.38. The number of hydrogen-bond donors (Lipinski definition) is 2. The highest BCUT2D eigenvalue weighted by Gasteiger charge is 2.28. The van der Waals surface area contributed by atoms with Gasteiger partial charge in [-0.25, -0.2) is 0 Å². The van der Waals surface area contributed by atoms with Gasteiger partial charge in [-0.15, -0.1) is 0 Å². The number of nitrogens with zero attached hydrogens (tertiary/aromatic N) is 2. The zero-order valence-corrected chi connectivity index (χ0v) is 16.8. The minimum absolute atomic E-state index is 0.104. The molecule has 0 saturated carbocycles. The fourth-order valence-corrected chi connectivity index (χ4v) is 3.82. The number of amides is 1. The smallest absolute Gasteiger partial charge is 0.255 e. The molecule has 0 unspecified atom stereocenters. The third-order valence-corrected chi connectivity index (χ3v) is 5.40. The molecule has 1 aliphatic heterocycles. The van der Waals surface area contributed by atoms with Crippen molar-refractivity contribution in [2.75, 3.05) is 5.32 Å². The van der Waals surface area contributed by atoms with Crippen molar-refractivity contribution >= 4 is 23.2 Å². The van der Waals surface area contributed by atoms with E-state index in [1.54, 1.807) is 0 Å². The second kappa shape index (κ2) is 7.69. The summed E-state index contributed by atoms with van der Waals surface area (Å²) in [5.74, 6) is -0.104. The highest BCUT2D eigenvalue weighted by atomic mass is 35.5. The van der Waals surface area contributed by atoms with E-state index >= 15 is 0 Å². The van der Waals surface area contributed by atoms with Gasteiger partial charge in [-0.05, 0) is 29.8 Å². The third kappa shape index (κ3) is 3.55. The predicted molar refractivity (Wildman–Crippen MR) is 118 cm³/mol. The lowest BCUT2D eigenvalue weighted by molar-refractivity contribution is 0.0936. The van der Waals surface area contributed by atoms with Gasteiger partial charge in [0.05, 0.1) is 17.8 Å². The third-order valence-electron chi connectivity index (χ3n) is 5.15. The lowest BCUT2D eigenvalue weighted by atomic mass is 10.0. The van der Waals surface area contributed by atoms with Crippen molar-refractivity contribution in [3.05, 3.63) is 107 Å². The number of aromatic nitrogens is 2. The average molecular weight is 415 g/mol. The molecule has 0 spiro atoms. The highest BCUT2D eigenvalue weighted by molar-refractivity contribution is 6.30. The number of hydrogen-bond acceptors (Lipinski definition) is 3. The van der Waals surface area contributed by atoms with E-state index < -0.39 is 0 Å². The van der Waals surface area contributed by atoms with Crippen LogP contribution in [0.2, 0.25) is 5.02 Å². The SMILES string of the molecule is O=C1N[C@H](c2cn(Cc3ccccc3)nc2-c2ccc(Cl)cc2)Nc2ccccc21. The van der Waals surface area contributed by atoms with Crippen LogP contribution < -0.4 is 10.6 Å². The first-order chi connectivity index (χ1) is 14.7. The molecule has 0 aliphatic carbocycles. The standard InChI is InChI=1S/C24H19ClN4O/c25-18-12-10-17(11-13-18)22-20(15-29(28-22)14-16-6-2-1-3-7-16)23-26-21-9-5-4-8-19(21)24(30)27-23/h1-13,15,23,26H,14H2,(H,27,30)/t23-/m1/s1. The molecule has 30 heavy (non-hydrogen) atoms. The second-order valence-corrected chi connectivity index (χ2v) is 7.66. The van der Waals surface area contributed by atoms with Gasteiger partial charge in [0, 0.05) is 28.0 Å². The van der Waals surface area contributed by atoms with E-state index in [0.717, 1.165) is 28.1 Å². The molecule has 1 aliphatic rings. The molecule has 1 atom stereocenters. The summed E-state index contributed by atoms with van der Waals surface area (Å²) in [5, 5.41) is 12.0. The zero-order valence-electron chi connectivity index (χ0n) is 16.0. The van der Waals surface area contributed by atoms with Crippen LogP contribution in [0.1, 0.15) is 27.7 Å². The molecule has 0 fully saturated rings. The van der Waals surface area contributed by atoms with Crippen molar-refractivity contribution < 1.29 is 4.79 Å². The van der Waals surface area contributed by atoms with Crippen molar-refractivity contribution in [3.63, 3.8) is 0 Å². The number of carbonyl (C=O) groups is 1. The van der Waals surface area contributed by atoms with E-state index in [2.05, 4.69) is 22.8 Å². The molecule has 1 aromatic heterocycles. The van der Waals surface area contributed by atoms with Gasteiger partial charge in [-0.1, -0.05) is 66.2 Å². The Hall–Kier alpha value is -3.57. The number of halogens is 1. The average Bonchev–Trinajstić information content (AvgIpc) is 3.19. The first-order valence-electron chi connectivity index (χ1n) is 9.71. The van der Waals surface area contributed by atoms with Gasteiger partial charge in [0.25, 0.3) is 5.91 Å². The number of para-hydroxylation sites is 1. The summed E-state index contributed by atoms with van der Waals surface area (Å²) in [7, 11) is 0. The van der Waals surface area contributed by atoms with Crippen molar-refractivity contribution in [1.29, 1.82) is 0 Å². The van der Waals surface area contributed by atoms with Crippen LogP contribution in [0.25, 0.3) is 11.3 Å². The molecule has 0 bridgehead atoms. The van der Waals surface area contributed by atoms with Crippen molar-refractivity contribution in [2.24, 2.45) is 0 Å². The first kappa shape index (κ1) is 18.5. The Morgan fingerprint density at radius 3 is 2.43 bits per heavy atom. The minimum Gasteiger partial charge on any atom is -0.361 e. The normalized spacial score (nSPS) is 15.2. The molecule has 0 saturated heterocycles. The fraction of sp³-hybridized carbons (Fsp3) is 0.0833. The Labute approximate surface area is 179 Å². The van der Waals surface area contributed by atoms with Gasteiger partial charge in [0.15, 0.2) is 0 Å². The Balaban J connectivity index is 1.56. The molecule has 5 rings (SSSR count). The molecule has 3 aromatic carbocycles. The Morgan fingerprint density at radius 1 is 0.900 bits per heavy atom. The summed E-state index contributed by atoms with van der Waals surface area (Å²) in [5.41, 5.74) is 5.25. The maximum absolute atomic E-state index is 12.7. The molecule has 2 N–H and O–H groups in total. The van der Waals surface area contributed by atoms with E-state index in [-0.39, 0.29) is 12.1 Å². The van der Waals surface area contributed by atoms with Crippen LogP contribution in [-0.4, -0.2) is 15.7 Å². The van der Waals surface area contributed by atoms with Crippen LogP contribution >= 0.6 is 11.6 Å². The topological polar surface area (TPSA) is 59.0 Å². The molecular formula is C24H19ClN4O. The zero-order chi connectivity index (χ0) is 20.5. The summed E-state index contributed by atoms with van der Waals surface area (Å²) in [4.78, 5) is 12.7. The number of nitrogens with one attached hydrogen (secondary N) is 2. The van der Waals surface area contributed by atoms with Crippen molar-refractivity contribution in [3.8, 4) is 11.3 Å². The number of benzene rings is 3. The number of rotatable bonds is 4. The Bertz CT molecular complexity index is 1200. The maximum atomic E-state index is 12.7. The Morgan fingerprint density at radius 2 is 1.63 bits per heavy atom. The van der Waals surface area contributed by atoms with Crippen LogP contribution in [0, 0.1) is 0 Å². The molecule has 5 nitrogen and oxygen atoms in total. The summed E-state index contributed by atoms with van der Waals surface area (Å²) in [6.07, 6.45) is 1.60. The van der Waals surface area contributed by atoms with E-state index in [0.29, 0.717) is 17.1 Å². The predicted octanol–water partition coefficient (Wildman–Crippen LogP) is 5.11. The van der Waals surface area contributed by atoms with Gasteiger partial charge in [0.2, 0.25) is 0 Å². The van der Waals surface area contributed by atoms with Gasteiger partial charge >= 0.3 is 0 Å². The lowest BCUT2D eigenvalue weighted by Gasteiger charge is -2.27. The largest absolute Gasteiger partial charge is 0.361 e. The van der Waals surface area contributed by atoms with Crippen molar-refractivity contribution in [2.45, 2.75) is 12.7 Å². The minimum atomic E-state index is -0.386. The fourth-order valence-electron chi connectivity index (χ4n) is 3.69. The molecule has 6 heteroatoms. The van der Waals surface area contributed by atoms with E-state index in [1.807, 2.05) is 77.6 Å². The second-order valence-electron chi connectivity index (χ2n) is 7.22. The number of anilines is 1. The number of carbonyl (C=O) groups excluding carboxylic acids is 1. The summed E-state index contributed by atoms with van der Waals surface area (Å²) < 4.78 is 1.91. The quantitative estimate of drug-likeness (QED) is 0.488. The van der Waals surface area contributed by atoms with Crippen LogP contribution in [-0.2, 0) is 6.54 Å². The van der Waals surface area contributed by atoms with Gasteiger partial charge in [0.1, 0.15) is 6.17 Å². The van der Waals surface area contributed by atoms with E-state index in [4.69, 9.17) is 16.7 Å². The van der Waals surface area contributed by atoms with Gasteiger partial charge < -0.3 is 10.6 Å². The summed E-state index contributed by atoms with van der Waals surface area (Å²) in [6, 6.07) is 25.2. The van der Waals surface area contributed by atoms with Gasteiger partial charge in [-0.2, -0.15) is 5.10 Å². The van der Waals surface area contributed by atoms with Gasteiger partial charge in [-0.3, -0.25) is 9.48 Å². The van der Waals surface area contributed by atoms with Crippen LogP contribution in [0.3, 0.4) is 0 Å². The van der Waals surface area contributed by atoms with Crippen LogP contribution in [0.15, 0.2) is 85.1 Å². The van der Waals surface area contributed by atoms with Crippen LogP contribution in [0.4, 0.5) is 5.69 Å². The van der Waals surface area contributed by atoms with E-state index in [1.165, 1.54) is 0 Å². The summed E-state index contributed by atoms with van der Waals surface area (Å²) in [6.45, 7) is 0.638. The molecule has 1 amide bonds. The van der Waals surface area contributed by atoms with E-state index in [9.17, 15) is 4.79 Å². The monoisotopic (exact) mass is 414 g/mol. The Kier molecular flexibility index (Phi) is 4.73. The summed E-state index contributed by atoms with van der Waals surface area (Å²) >= 11 is 6.08. The molecule has 4 aromatic rings.